The van der Waals surface area contributed by atoms with Crippen molar-refractivity contribution in [3.8, 4) is 0 Å². The highest BCUT2D eigenvalue weighted by Gasteiger charge is 2.05. The van der Waals surface area contributed by atoms with Crippen LogP contribution in [0.3, 0.4) is 0 Å². The van der Waals surface area contributed by atoms with Gasteiger partial charge in [0.2, 0.25) is 0 Å². The predicted octanol–water partition coefficient (Wildman–Crippen LogP) is 2.41. The maximum atomic E-state index is 11.8. The Balaban J connectivity index is 1.90. The number of nitrogens with zero attached hydrogens (tertiary/aromatic N) is 1. The summed E-state index contributed by atoms with van der Waals surface area (Å²) >= 11 is 0. The first-order valence-corrected chi connectivity index (χ1v) is 6.34. The molecule has 2 rings (SSSR count). The summed E-state index contributed by atoms with van der Waals surface area (Å²) in [5, 5.41) is 14.1. The summed E-state index contributed by atoms with van der Waals surface area (Å²) in [6, 6.07) is 7.46. The molecule has 6 heteroatoms. The molecule has 2 aromatic rings. The molecule has 3 N–H and O–H groups in total. The molecule has 0 saturated heterocycles. The first-order valence-electron chi connectivity index (χ1n) is 6.34. The van der Waals surface area contributed by atoms with Gasteiger partial charge in [0.15, 0.2) is 0 Å². The van der Waals surface area contributed by atoms with Crippen LogP contribution in [-0.2, 0) is 6.54 Å². The molecule has 0 aliphatic heterocycles. The van der Waals surface area contributed by atoms with Crippen molar-refractivity contribution in [3.05, 3.63) is 59.4 Å². The monoisotopic (exact) mass is 285 g/mol. The van der Waals surface area contributed by atoms with Gasteiger partial charge in [0.05, 0.1) is 5.56 Å². The van der Waals surface area contributed by atoms with Crippen LogP contribution in [0.5, 0.6) is 0 Å². The zero-order valence-electron chi connectivity index (χ0n) is 11.5. The number of amides is 2. The minimum absolute atomic E-state index is 0.173. The third-order valence-electron chi connectivity index (χ3n) is 2.98. The second-order valence-electron chi connectivity index (χ2n) is 4.49. The number of aryl methyl sites for hydroxylation is 1. The lowest BCUT2D eigenvalue weighted by Gasteiger charge is -2.09. The van der Waals surface area contributed by atoms with Crippen molar-refractivity contribution in [1.29, 1.82) is 0 Å². The van der Waals surface area contributed by atoms with Gasteiger partial charge in [-0.25, -0.2) is 9.59 Å². The molecule has 1 heterocycles. The summed E-state index contributed by atoms with van der Waals surface area (Å²) in [5.74, 6) is -1.00. The third kappa shape index (κ3) is 4.04. The maximum Gasteiger partial charge on any atom is 0.335 e. The number of aromatic nitrogens is 1. The lowest BCUT2D eigenvalue weighted by molar-refractivity contribution is 0.0697. The Morgan fingerprint density at radius 2 is 1.90 bits per heavy atom. The molecule has 0 aliphatic carbocycles. The molecule has 0 unspecified atom stereocenters. The van der Waals surface area contributed by atoms with E-state index in [-0.39, 0.29) is 11.6 Å². The first-order chi connectivity index (χ1) is 10.1. The number of hydrogen-bond acceptors (Lipinski definition) is 3. The summed E-state index contributed by atoms with van der Waals surface area (Å²) in [4.78, 5) is 26.5. The van der Waals surface area contributed by atoms with Crippen LogP contribution < -0.4 is 10.6 Å². The number of aromatic carboxylic acids is 1. The summed E-state index contributed by atoms with van der Waals surface area (Å²) in [5.41, 5.74) is 2.69. The number of hydrogen-bond donors (Lipinski definition) is 3. The van der Waals surface area contributed by atoms with Crippen LogP contribution in [0.1, 0.15) is 21.5 Å². The van der Waals surface area contributed by atoms with E-state index < -0.39 is 5.97 Å². The highest BCUT2D eigenvalue weighted by molar-refractivity contribution is 5.91. The van der Waals surface area contributed by atoms with Gasteiger partial charge in [0.1, 0.15) is 0 Å². The number of benzene rings is 1. The number of carbonyl (C=O) groups excluding carboxylic acids is 1. The van der Waals surface area contributed by atoms with Crippen molar-refractivity contribution in [3.63, 3.8) is 0 Å². The molecule has 108 valence electrons. The predicted molar refractivity (Wildman–Crippen MR) is 78.2 cm³/mol. The lowest BCUT2D eigenvalue weighted by Crippen LogP contribution is -2.28. The Bertz CT molecular complexity index is 653. The standard InChI is InChI=1S/C15H15N3O3/c1-10-6-7-16-8-12(10)9-17-15(21)18-13-4-2-11(3-5-13)14(19)20/h2-8H,9H2,1H3,(H,19,20)(H2,17,18,21). The Kier molecular flexibility index (Phi) is 4.50. The minimum atomic E-state index is -1.00. The summed E-state index contributed by atoms with van der Waals surface area (Å²) in [6.07, 6.45) is 3.40. The fourth-order valence-corrected chi connectivity index (χ4v) is 1.73. The average molecular weight is 285 g/mol. The normalized spacial score (nSPS) is 9.95. The molecule has 0 spiro atoms. The summed E-state index contributed by atoms with van der Waals surface area (Å²) in [7, 11) is 0. The van der Waals surface area contributed by atoms with Crippen LogP contribution in [0.15, 0.2) is 42.7 Å². The summed E-state index contributed by atoms with van der Waals surface area (Å²) < 4.78 is 0. The molecule has 0 atom stereocenters. The minimum Gasteiger partial charge on any atom is -0.478 e. The Morgan fingerprint density at radius 1 is 1.19 bits per heavy atom. The number of urea groups is 1. The molecule has 2 amide bonds. The van der Waals surface area contributed by atoms with Gasteiger partial charge in [-0.1, -0.05) is 0 Å². The number of anilines is 1. The zero-order valence-corrected chi connectivity index (χ0v) is 11.5. The maximum absolute atomic E-state index is 11.8. The molecule has 1 aromatic carbocycles. The number of carbonyl (C=O) groups is 2. The van der Waals surface area contributed by atoms with Gasteiger partial charge < -0.3 is 15.7 Å². The van der Waals surface area contributed by atoms with E-state index in [9.17, 15) is 9.59 Å². The molecular formula is C15H15N3O3. The Morgan fingerprint density at radius 3 is 2.52 bits per heavy atom. The van der Waals surface area contributed by atoms with Crippen LogP contribution in [0.25, 0.3) is 0 Å². The third-order valence-corrected chi connectivity index (χ3v) is 2.98. The average Bonchev–Trinajstić information content (AvgIpc) is 2.47. The van der Waals surface area contributed by atoms with E-state index in [1.54, 1.807) is 24.5 Å². The topological polar surface area (TPSA) is 91.3 Å². The van der Waals surface area contributed by atoms with Crippen LogP contribution in [0.4, 0.5) is 10.5 Å². The smallest absolute Gasteiger partial charge is 0.335 e. The SMILES string of the molecule is Cc1ccncc1CNC(=O)Nc1ccc(C(=O)O)cc1. The van der Waals surface area contributed by atoms with Gasteiger partial charge in [-0.3, -0.25) is 4.98 Å². The van der Waals surface area contributed by atoms with E-state index >= 15 is 0 Å². The second-order valence-corrected chi connectivity index (χ2v) is 4.49. The fourth-order valence-electron chi connectivity index (χ4n) is 1.73. The quantitative estimate of drug-likeness (QED) is 0.804. The molecule has 0 aliphatic rings. The molecule has 1 aromatic heterocycles. The number of nitrogens with one attached hydrogen (secondary N) is 2. The van der Waals surface area contributed by atoms with E-state index in [4.69, 9.17) is 5.11 Å². The highest BCUT2D eigenvalue weighted by Crippen LogP contribution is 2.09. The number of carboxylic acids is 1. The van der Waals surface area contributed by atoms with Gasteiger partial charge in [0.25, 0.3) is 0 Å². The second kappa shape index (κ2) is 6.51. The van der Waals surface area contributed by atoms with Crippen LogP contribution in [-0.4, -0.2) is 22.1 Å². The van der Waals surface area contributed by atoms with Crippen molar-refractivity contribution in [2.45, 2.75) is 13.5 Å². The molecule has 6 nitrogen and oxygen atoms in total. The van der Waals surface area contributed by atoms with Crippen molar-refractivity contribution < 1.29 is 14.7 Å². The van der Waals surface area contributed by atoms with E-state index in [1.807, 2.05) is 13.0 Å². The van der Waals surface area contributed by atoms with E-state index in [0.717, 1.165) is 11.1 Å². The Labute approximate surface area is 121 Å². The van der Waals surface area contributed by atoms with Gasteiger partial charge in [-0.15, -0.1) is 0 Å². The highest BCUT2D eigenvalue weighted by atomic mass is 16.4. The lowest BCUT2D eigenvalue weighted by atomic mass is 10.2. The van der Waals surface area contributed by atoms with E-state index in [0.29, 0.717) is 12.2 Å². The van der Waals surface area contributed by atoms with Crippen LogP contribution in [0.2, 0.25) is 0 Å². The Hall–Kier alpha value is -2.89. The molecule has 21 heavy (non-hydrogen) atoms. The molecule has 0 fully saturated rings. The van der Waals surface area contributed by atoms with Gasteiger partial charge in [-0.05, 0) is 48.4 Å². The molecule has 0 bridgehead atoms. The van der Waals surface area contributed by atoms with E-state index in [1.165, 1.54) is 12.1 Å². The summed E-state index contributed by atoms with van der Waals surface area (Å²) in [6.45, 7) is 2.32. The molecular weight excluding hydrogens is 270 g/mol. The van der Waals surface area contributed by atoms with Crippen molar-refractivity contribution in [2.75, 3.05) is 5.32 Å². The van der Waals surface area contributed by atoms with Crippen molar-refractivity contribution in [2.24, 2.45) is 0 Å². The van der Waals surface area contributed by atoms with Gasteiger partial charge >= 0.3 is 12.0 Å². The largest absolute Gasteiger partial charge is 0.478 e. The molecule has 0 saturated carbocycles. The zero-order chi connectivity index (χ0) is 15.2. The molecule has 0 radical (unpaired) electrons. The van der Waals surface area contributed by atoms with Gasteiger partial charge in [-0.2, -0.15) is 0 Å². The van der Waals surface area contributed by atoms with E-state index in [2.05, 4.69) is 15.6 Å². The van der Waals surface area contributed by atoms with Crippen LogP contribution >= 0.6 is 0 Å². The van der Waals surface area contributed by atoms with Gasteiger partial charge in [0, 0.05) is 24.6 Å². The van der Waals surface area contributed by atoms with Crippen molar-refractivity contribution in [1.82, 2.24) is 10.3 Å². The number of pyridine rings is 1. The fraction of sp³-hybridized carbons (Fsp3) is 0.133. The number of rotatable bonds is 4. The van der Waals surface area contributed by atoms with Crippen LogP contribution in [0, 0.1) is 6.92 Å². The van der Waals surface area contributed by atoms with Crippen molar-refractivity contribution >= 4 is 17.7 Å². The first kappa shape index (κ1) is 14.5. The number of carboxylic acid groups (broad SMARTS) is 1.